The molecule has 2 fully saturated rings. The largest absolute Gasteiger partial charge is 0.416 e. The second-order valence-electron chi connectivity index (χ2n) is 9.08. The van der Waals surface area contributed by atoms with Crippen molar-refractivity contribution in [3.05, 3.63) is 59.2 Å². The Morgan fingerprint density at radius 2 is 1.89 bits per heavy atom. The number of benzene rings is 2. The normalized spacial score (nSPS) is 21.8. The van der Waals surface area contributed by atoms with Gasteiger partial charge in [0.1, 0.15) is 6.61 Å². The van der Waals surface area contributed by atoms with Crippen LogP contribution in [0.1, 0.15) is 47.6 Å². The van der Waals surface area contributed by atoms with Crippen LogP contribution in [-0.2, 0) is 15.7 Å². The third-order valence-corrected chi connectivity index (χ3v) is 6.69. The number of fused-ring (bicyclic) bond motifs is 1. The Kier molecular flexibility index (Phi) is 6.44. The van der Waals surface area contributed by atoms with E-state index >= 15 is 0 Å². The maximum atomic E-state index is 13.1. The van der Waals surface area contributed by atoms with Crippen LogP contribution < -0.4 is 10.5 Å². The molecule has 0 radical (unpaired) electrons. The van der Waals surface area contributed by atoms with Gasteiger partial charge in [-0.15, -0.1) is 0 Å². The number of aromatic amines is 1. The monoisotopic (exact) mass is 502 g/mol. The molecule has 3 aromatic rings. The predicted molar refractivity (Wildman–Crippen MR) is 124 cm³/mol. The number of H-pyrrole nitrogens is 1. The van der Waals surface area contributed by atoms with Gasteiger partial charge in [0, 0.05) is 23.8 Å². The molecule has 1 aromatic heterocycles. The second kappa shape index (κ2) is 9.55. The maximum absolute atomic E-state index is 13.1. The predicted octanol–water partition coefficient (Wildman–Crippen LogP) is 3.57. The third-order valence-electron chi connectivity index (χ3n) is 6.69. The van der Waals surface area contributed by atoms with Gasteiger partial charge in [0.25, 0.3) is 11.8 Å². The van der Waals surface area contributed by atoms with Gasteiger partial charge < -0.3 is 24.3 Å². The summed E-state index contributed by atoms with van der Waals surface area (Å²) >= 11 is 0. The van der Waals surface area contributed by atoms with E-state index in [0.717, 1.165) is 17.6 Å². The highest BCUT2D eigenvalue weighted by atomic mass is 19.4. The van der Waals surface area contributed by atoms with Crippen molar-refractivity contribution in [2.75, 3.05) is 24.7 Å². The van der Waals surface area contributed by atoms with Crippen molar-refractivity contribution in [1.82, 2.24) is 9.55 Å². The highest BCUT2D eigenvalue weighted by Gasteiger charge is 2.31. The number of ether oxygens (including phenoxy) is 1. The molecular weight excluding hydrogens is 477 g/mol. The molecule has 2 aromatic carbocycles. The van der Waals surface area contributed by atoms with Gasteiger partial charge in [-0.3, -0.25) is 9.59 Å². The molecule has 0 bridgehead atoms. The van der Waals surface area contributed by atoms with Crippen molar-refractivity contribution < 1.29 is 32.6 Å². The number of halogens is 3. The van der Waals surface area contributed by atoms with Crippen LogP contribution in [0.4, 0.5) is 18.9 Å². The zero-order chi connectivity index (χ0) is 25.4. The van der Waals surface area contributed by atoms with Crippen molar-refractivity contribution in [2.45, 2.75) is 44.0 Å². The van der Waals surface area contributed by atoms with Crippen LogP contribution in [-0.4, -0.2) is 52.3 Å². The number of aliphatic hydroxyl groups is 1. The minimum atomic E-state index is -4.58. The molecule has 1 aliphatic carbocycles. The lowest BCUT2D eigenvalue weighted by Gasteiger charge is -2.28. The van der Waals surface area contributed by atoms with E-state index in [1.54, 1.807) is 11.0 Å². The summed E-state index contributed by atoms with van der Waals surface area (Å²) in [5, 5.41) is 9.96. The SMILES string of the molecule is O=C(/N=c1\[nH]c2cc(N3CCOCC3=O)ccc2n1[C@H]1CC[C@H](O)CC1)c1cccc(C(F)(F)F)c1. The summed E-state index contributed by atoms with van der Waals surface area (Å²) in [5.41, 5.74) is 1.16. The van der Waals surface area contributed by atoms with Crippen LogP contribution in [0.5, 0.6) is 0 Å². The molecule has 36 heavy (non-hydrogen) atoms. The van der Waals surface area contributed by atoms with Crippen LogP contribution in [0.3, 0.4) is 0 Å². The summed E-state index contributed by atoms with van der Waals surface area (Å²) in [5.74, 6) is -0.966. The van der Waals surface area contributed by atoms with E-state index in [-0.39, 0.29) is 29.7 Å². The number of nitrogens with zero attached hydrogens (tertiary/aromatic N) is 3. The fourth-order valence-corrected chi connectivity index (χ4v) is 4.85. The molecule has 1 aliphatic heterocycles. The quantitative estimate of drug-likeness (QED) is 0.572. The highest BCUT2D eigenvalue weighted by molar-refractivity contribution is 5.97. The van der Waals surface area contributed by atoms with Crippen molar-refractivity contribution in [1.29, 1.82) is 0 Å². The first-order chi connectivity index (χ1) is 17.2. The molecule has 2 heterocycles. The number of rotatable bonds is 3. The molecule has 0 unspecified atom stereocenters. The number of aromatic nitrogens is 2. The number of hydrogen-bond donors (Lipinski definition) is 2. The maximum Gasteiger partial charge on any atom is 0.416 e. The van der Waals surface area contributed by atoms with E-state index < -0.39 is 23.8 Å². The lowest BCUT2D eigenvalue weighted by atomic mass is 9.93. The molecule has 2 aliphatic rings. The van der Waals surface area contributed by atoms with E-state index in [9.17, 15) is 27.9 Å². The number of carbonyl (C=O) groups is 2. The average Bonchev–Trinajstić information content (AvgIpc) is 3.21. The molecule has 11 heteroatoms. The minimum absolute atomic E-state index is 0.000755. The van der Waals surface area contributed by atoms with Crippen LogP contribution in [0, 0.1) is 0 Å². The Balaban J connectivity index is 1.59. The fraction of sp³-hybridized carbons (Fsp3) is 0.400. The number of aliphatic hydroxyl groups excluding tert-OH is 1. The first-order valence-corrected chi connectivity index (χ1v) is 11.8. The van der Waals surface area contributed by atoms with Crippen LogP contribution in [0.25, 0.3) is 11.0 Å². The minimum Gasteiger partial charge on any atom is -0.393 e. The van der Waals surface area contributed by atoms with Gasteiger partial charge in [0.15, 0.2) is 0 Å². The van der Waals surface area contributed by atoms with Crippen molar-refractivity contribution >= 4 is 28.5 Å². The van der Waals surface area contributed by atoms with Crippen LogP contribution >= 0.6 is 0 Å². The standard InChI is InChI=1S/C25H25F3N4O4/c26-25(27,28)16-3-1-2-15(12-16)23(35)30-24-29-20-13-18(31-10-11-36-14-22(31)34)6-9-21(20)32(24)17-4-7-19(33)8-5-17/h1-3,6,9,12-13,17,19,33H,4-5,7-8,10-11,14H2,(H,29,30,35)/t17-,19-. The number of nitrogens with one attached hydrogen (secondary N) is 1. The molecule has 8 nitrogen and oxygen atoms in total. The number of imidazole rings is 1. The molecule has 190 valence electrons. The third kappa shape index (κ3) is 4.80. The van der Waals surface area contributed by atoms with E-state index in [4.69, 9.17) is 4.74 Å². The van der Waals surface area contributed by atoms with E-state index in [2.05, 4.69) is 9.98 Å². The summed E-state index contributed by atoms with van der Waals surface area (Å²) < 4.78 is 46.5. The number of hydrogen-bond acceptors (Lipinski definition) is 4. The summed E-state index contributed by atoms with van der Waals surface area (Å²) in [6, 6.07) is 9.55. The average molecular weight is 502 g/mol. The van der Waals surface area contributed by atoms with Gasteiger partial charge in [-0.2, -0.15) is 18.2 Å². The number of alkyl halides is 3. The summed E-state index contributed by atoms with van der Waals surface area (Å²) in [4.78, 5) is 34.2. The summed E-state index contributed by atoms with van der Waals surface area (Å²) in [6.45, 7) is 0.834. The Labute approximate surface area is 204 Å². The van der Waals surface area contributed by atoms with Gasteiger partial charge in [-0.1, -0.05) is 6.07 Å². The van der Waals surface area contributed by atoms with Gasteiger partial charge >= 0.3 is 6.18 Å². The lowest BCUT2D eigenvalue weighted by molar-refractivity contribution is -0.137. The van der Waals surface area contributed by atoms with Gasteiger partial charge in [-0.25, -0.2) is 0 Å². The molecule has 1 saturated heterocycles. The van der Waals surface area contributed by atoms with Crippen molar-refractivity contribution in [2.24, 2.45) is 4.99 Å². The topological polar surface area (TPSA) is 99.9 Å². The number of anilines is 1. The molecule has 0 atom stereocenters. The fourth-order valence-electron chi connectivity index (χ4n) is 4.85. The van der Waals surface area contributed by atoms with Crippen molar-refractivity contribution in [3.8, 4) is 0 Å². The first kappa shape index (κ1) is 24.3. The van der Waals surface area contributed by atoms with Gasteiger partial charge in [-0.05, 0) is 62.1 Å². The van der Waals surface area contributed by atoms with Crippen molar-refractivity contribution in [3.63, 3.8) is 0 Å². The Morgan fingerprint density at radius 1 is 1.11 bits per heavy atom. The molecule has 1 saturated carbocycles. The highest BCUT2D eigenvalue weighted by Crippen LogP contribution is 2.32. The molecular formula is C25H25F3N4O4. The summed E-state index contributed by atoms with van der Waals surface area (Å²) in [7, 11) is 0. The first-order valence-electron chi connectivity index (χ1n) is 11.8. The lowest BCUT2D eigenvalue weighted by Crippen LogP contribution is -2.41. The van der Waals surface area contributed by atoms with Gasteiger partial charge in [0.05, 0.1) is 29.3 Å². The Morgan fingerprint density at radius 3 is 2.61 bits per heavy atom. The smallest absolute Gasteiger partial charge is 0.393 e. The van der Waals surface area contributed by atoms with Gasteiger partial charge in [0.2, 0.25) is 5.62 Å². The zero-order valence-corrected chi connectivity index (χ0v) is 19.3. The molecule has 5 rings (SSSR count). The molecule has 2 amide bonds. The zero-order valence-electron chi connectivity index (χ0n) is 19.3. The number of carbonyl (C=O) groups excluding carboxylic acids is 2. The van der Waals surface area contributed by atoms with E-state index in [0.29, 0.717) is 50.0 Å². The van der Waals surface area contributed by atoms with Crippen LogP contribution in [0.2, 0.25) is 0 Å². The second-order valence-corrected chi connectivity index (χ2v) is 9.08. The Hall–Kier alpha value is -3.44. The summed E-state index contributed by atoms with van der Waals surface area (Å²) in [6.07, 6.45) is -2.48. The molecule has 2 N–H and O–H groups in total. The van der Waals surface area contributed by atoms with Crippen LogP contribution in [0.15, 0.2) is 47.5 Å². The number of amides is 2. The van der Waals surface area contributed by atoms with E-state index in [1.165, 1.54) is 12.1 Å². The number of morpholine rings is 1. The Bertz CT molecular complexity index is 1370. The molecule has 0 spiro atoms. The van der Waals surface area contributed by atoms with E-state index in [1.807, 2.05) is 16.7 Å².